The first kappa shape index (κ1) is 20.9. The summed E-state index contributed by atoms with van der Waals surface area (Å²) in [6.07, 6.45) is 0.750. The van der Waals surface area contributed by atoms with E-state index in [9.17, 15) is 14.4 Å². The number of carbonyl (C=O) groups excluding carboxylic acids is 2. The standard InChI is InChI=1S/C23H24N2O6/c1-25(31-14-21(27)28)20(26)12-23(10-11-23)24-22(29)30-13-19-17-8-4-2-6-15(17)16-7-3-5-9-18(16)19/h2-9,19H,10-14H2,1H3,(H,24,29)(H,27,28). The minimum absolute atomic E-state index is 0.0211. The third kappa shape index (κ3) is 4.54. The summed E-state index contributed by atoms with van der Waals surface area (Å²) in [6, 6.07) is 16.2. The molecule has 0 heterocycles. The van der Waals surface area contributed by atoms with Crippen molar-refractivity contribution >= 4 is 18.0 Å². The molecule has 162 valence electrons. The minimum Gasteiger partial charge on any atom is -0.479 e. The molecule has 0 bridgehead atoms. The van der Waals surface area contributed by atoms with Gasteiger partial charge >= 0.3 is 12.1 Å². The molecule has 4 rings (SSSR count). The van der Waals surface area contributed by atoms with Crippen LogP contribution in [0.5, 0.6) is 0 Å². The molecular formula is C23H24N2O6. The second-order valence-electron chi connectivity index (χ2n) is 7.97. The molecule has 2 aromatic rings. The number of rotatable bonds is 8. The molecule has 0 radical (unpaired) electrons. The maximum absolute atomic E-state index is 12.5. The summed E-state index contributed by atoms with van der Waals surface area (Å²) in [6.45, 7) is -0.402. The molecule has 31 heavy (non-hydrogen) atoms. The van der Waals surface area contributed by atoms with Crippen molar-refractivity contribution in [1.82, 2.24) is 10.4 Å². The SMILES string of the molecule is CN(OCC(=O)O)C(=O)CC1(NC(=O)OCC2c3ccccc3-c3ccccc32)CC1. The fourth-order valence-corrected chi connectivity index (χ4v) is 3.97. The van der Waals surface area contributed by atoms with Crippen LogP contribution in [0.4, 0.5) is 4.79 Å². The first-order chi connectivity index (χ1) is 14.9. The van der Waals surface area contributed by atoms with Gasteiger partial charge in [-0.1, -0.05) is 48.5 Å². The molecule has 0 aromatic heterocycles. The van der Waals surface area contributed by atoms with E-state index in [1.54, 1.807) is 0 Å². The van der Waals surface area contributed by atoms with E-state index in [0.29, 0.717) is 12.8 Å². The van der Waals surface area contributed by atoms with Gasteiger partial charge in [-0.15, -0.1) is 0 Å². The maximum atomic E-state index is 12.5. The maximum Gasteiger partial charge on any atom is 0.407 e. The van der Waals surface area contributed by atoms with Crippen LogP contribution in [0.2, 0.25) is 0 Å². The van der Waals surface area contributed by atoms with Crippen molar-refractivity contribution in [3.05, 3.63) is 59.7 Å². The van der Waals surface area contributed by atoms with Crippen molar-refractivity contribution in [1.29, 1.82) is 0 Å². The minimum atomic E-state index is -1.17. The molecule has 0 spiro atoms. The van der Waals surface area contributed by atoms with Gasteiger partial charge < -0.3 is 15.2 Å². The van der Waals surface area contributed by atoms with E-state index in [1.165, 1.54) is 7.05 Å². The highest BCUT2D eigenvalue weighted by Gasteiger charge is 2.47. The molecule has 2 N–H and O–H groups in total. The van der Waals surface area contributed by atoms with Crippen LogP contribution in [-0.2, 0) is 19.2 Å². The fraction of sp³-hybridized carbons (Fsp3) is 0.348. The van der Waals surface area contributed by atoms with Crippen molar-refractivity contribution in [2.75, 3.05) is 20.3 Å². The van der Waals surface area contributed by atoms with E-state index < -0.39 is 30.1 Å². The van der Waals surface area contributed by atoms with Gasteiger partial charge in [0.25, 0.3) is 0 Å². The zero-order valence-electron chi connectivity index (χ0n) is 17.2. The third-order valence-electron chi connectivity index (χ3n) is 5.79. The number of ether oxygens (including phenoxy) is 1. The lowest BCUT2D eigenvalue weighted by atomic mass is 9.98. The van der Waals surface area contributed by atoms with Crippen LogP contribution in [0.3, 0.4) is 0 Å². The van der Waals surface area contributed by atoms with Gasteiger partial charge in [0.1, 0.15) is 6.61 Å². The number of carboxylic acid groups (broad SMARTS) is 1. The van der Waals surface area contributed by atoms with Crippen LogP contribution in [-0.4, -0.2) is 53.9 Å². The van der Waals surface area contributed by atoms with Gasteiger partial charge in [0.15, 0.2) is 6.61 Å². The van der Waals surface area contributed by atoms with Crippen LogP contribution in [0.15, 0.2) is 48.5 Å². The van der Waals surface area contributed by atoms with Gasteiger partial charge in [0.2, 0.25) is 5.91 Å². The Morgan fingerprint density at radius 1 is 1.06 bits per heavy atom. The molecule has 0 unspecified atom stereocenters. The van der Waals surface area contributed by atoms with Crippen LogP contribution in [0.1, 0.15) is 36.3 Å². The number of aliphatic carboxylic acids is 1. The Morgan fingerprint density at radius 2 is 1.65 bits per heavy atom. The number of hydrogen-bond donors (Lipinski definition) is 2. The lowest BCUT2D eigenvalue weighted by Crippen LogP contribution is -2.42. The Labute approximate surface area is 179 Å². The number of carboxylic acids is 1. The Kier molecular flexibility index (Phi) is 5.65. The van der Waals surface area contributed by atoms with Gasteiger partial charge in [-0.25, -0.2) is 14.7 Å². The normalized spacial score (nSPS) is 15.5. The van der Waals surface area contributed by atoms with E-state index >= 15 is 0 Å². The molecule has 2 aliphatic carbocycles. The van der Waals surface area contributed by atoms with Crippen LogP contribution >= 0.6 is 0 Å². The Balaban J connectivity index is 1.34. The summed E-state index contributed by atoms with van der Waals surface area (Å²) in [5.41, 5.74) is 3.90. The summed E-state index contributed by atoms with van der Waals surface area (Å²) in [7, 11) is 1.36. The van der Waals surface area contributed by atoms with E-state index in [1.807, 2.05) is 24.3 Å². The summed E-state index contributed by atoms with van der Waals surface area (Å²) in [5.74, 6) is -1.61. The molecule has 0 aliphatic heterocycles. The predicted molar refractivity (Wildman–Crippen MR) is 111 cm³/mol. The summed E-state index contributed by atoms with van der Waals surface area (Å²) < 4.78 is 5.55. The number of benzene rings is 2. The summed E-state index contributed by atoms with van der Waals surface area (Å²) >= 11 is 0. The average Bonchev–Trinajstić information content (AvgIpc) is 3.42. The van der Waals surface area contributed by atoms with Gasteiger partial charge in [0, 0.05) is 13.0 Å². The van der Waals surface area contributed by atoms with Gasteiger partial charge in [-0.2, -0.15) is 0 Å². The van der Waals surface area contributed by atoms with E-state index in [-0.39, 0.29) is 18.9 Å². The first-order valence-corrected chi connectivity index (χ1v) is 10.1. The number of amides is 2. The lowest BCUT2D eigenvalue weighted by molar-refractivity contribution is -0.186. The number of fused-ring (bicyclic) bond motifs is 3. The predicted octanol–water partition coefficient (Wildman–Crippen LogP) is 2.92. The fourth-order valence-electron chi connectivity index (χ4n) is 3.97. The van der Waals surface area contributed by atoms with E-state index in [0.717, 1.165) is 27.3 Å². The van der Waals surface area contributed by atoms with Crippen LogP contribution in [0, 0.1) is 0 Å². The summed E-state index contributed by atoms with van der Waals surface area (Å²) in [4.78, 5) is 40.2. The molecule has 0 atom stereocenters. The highest BCUT2D eigenvalue weighted by molar-refractivity contribution is 5.80. The van der Waals surface area contributed by atoms with Crippen LogP contribution < -0.4 is 5.32 Å². The largest absolute Gasteiger partial charge is 0.479 e. The summed E-state index contributed by atoms with van der Waals surface area (Å²) in [5, 5.41) is 12.3. The van der Waals surface area contributed by atoms with Gasteiger partial charge in [0.05, 0.1) is 12.0 Å². The number of nitrogens with zero attached hydrogens (tertiary/aromatic N) is 1. The molecule has 8 nitrogen and oxygen atoms in total. The second kappa shape index (κ2) is 8.39. The van der Waals surface area contributed by atoms with Gasteiger partial charge in [-0.05, 0) is 35.1 Å². The van der Waals surface area contributed by atoms with Crippen molar-refractivity contribution in [3.63, 3.8) is 0 Å². The van der Waals surface area contributed by atoms with Crippen molar-refractivity contribution < 1.29 is 29.1 Å². The Bertz CT molecular complexity index is 971. The number of carbonyl (C=O) groups is 3. The van der Waals surface area contributed by atoms with E-state index in [4.69, 9.17) is 14.7 Å². The highest BCUT2D eigenvalue weighted by Crippen LogP contribution is 2.44. The first-order valence-electron chi connectivity index (χ1n) is 10.1. The molecule has 2 aromatic carbocycles. The monoisotopic (exact) mass is 424 g/mol. The van der Waals surface area contributed by atoms with Crippen molar-refractivity contribution in [2.24, 2.45) is 0 Å². The zero-order valence-corrected chi connectivity index (χ0v) is 17.2. The van der Waals surface area contributed by atoms with Crippen LogP contribution in [0.25, 0.3) is 11.1 Å². The molecule has 2 aliphatic rings. The Morgan fingerprint density at radius 3 is 2.19 bits per heavy atom. The molecular weight excluding hydrogens is 400 g/mol. The topological polar surface area (TPSA) is 105 Å². The molecule has 8 heteroatoms. The molecule has 1 saturated carbocycles. The molecule has 0 saturated heterocycles. The lowest BCUT2D eigenvalue weighted by Gasteiger charge is -2.21. The Hall–Kier alpha value is -3.39. The zero-order chi connectivity index (χ0) is 22.0. The number of hydrogen-bond acceptors (Lipinski definition) is 5. The number of hydroxylamine groups is 2. The van der Waals surface area contributed by atoms with Gasteiger partial charge in [-0.3, -0.25) is 9.63 Å². The smallest absolute Gasteiger partial charge is 0.407 e. The number of alkyl carbamates (subject to hydrolysis) is 1. The molecule has 1 fully saturated rings. The average molecular weight is 424 g/mol. The second-order valence-corrected chi connectivity index (χ2v) is 7.97. The molecule has 2 amide bonds. The number of nitrogens with one attached hydrogen (secondary N) is 1. The third-order valence-corrected chi connectivity index (χ3v) is 5.79. The van der Waals surface area contributed by atoms with Crippen molar-refractivity contribution in [3.8, 4) is 11.1 Å². The highest BCUT2D eigenvalue weighted by atomic mass is 16.7. The van der Waals surface area contributed by atoms with E-state index in [2.05, 4.69) is 29.6 Å². The quantitative estimate of drug-likeness (QED) is 0.632. The van der Waals surface area contributed by atoms with Crippen molar-refractivity contribution in [2.45, 2.75) is 30.7 Å².